The van der Waals surface area contributed by atoms with Crippen LogP contribution in [0.1, 0.15) is 5.56 Å². The Morgan fingerprint density at radius 1 is 0.548 bits per heavy atom. The lowest BCUT2D eigenvalue weighted by Crippen LogP contribution is -1.86. The van der Waals surface area contributed by atoms with Gasteiger partial charge in [0.1, 0.15) is 11.3 Å². The minimum Gasteiger partial charge on any atom is -0.306 e. The topological polar surface area (TPSA) is 34.6 Å². The Labute approximate surface area is 180 Å². The first-order chi connectivity index (χ1) is 15.2. The van der Waals surface area contributed by atoms with Crippen LogP contribution < -0.4 is 0 Å². The van der Waals surface area contributed by atoms with Gasteiger partial charge >= 0.3 is 0 Å². The summed E-state index contributed by atoms with van der Waals surface area (Å²) in [5, 5.41) is 0. The fourth-order valence-corrected chi connectivity index (χ4v) is 3.98. The van der Waals surface area contributed by atoms with Gasteiger partial charge in [-0.2, -0.15) is 0 Å². The van der Waals surface area contributed by atoms with Crippen LogP contribution in [0.25, 0.3) is 44.9 Å². The molecule has 4 aromatic heterocycles. The fraction of sp³-hybridized carbons (Fsp3) is 0.0370. The minimum absolute atomic E-state index is 0.938. The van der Waals surface area contributed by atoms with Crippen molar-refractivity contribution in [2.75, 3.05) is 0 Å². The Morgan fingerprint density at radius 3 is 1.58 bits per heavy atom. The van der Waals surface area contributed by atoms with Gasteiger partial charge in [0.25, 0.3) is 0 Å². The third-order valence-electron chi connectivity index (χ3n) is 5.64. The maximum atomic E-state index is 4.85. The number of pyridine rings is 2. The second-order valence-corrected chi connectivity index (χ2v) is 7.85. The number of fused-ring (bicyclic) bond motifs is 2. The Balaban J connectivity index is 1.57. The van der Waals surface area contributed by atoms with E-state index in [1.54, 1.807) is 0 Å². The molecule has 4 heterocycles. The first-order valence-electron chi connectivity index (χ1n) is 10.3. The number of rotatable bonds is 3. The fourth-order valence-electron chi connectivity index (χ4n) is 3.98. The van der Waals surface area contributed by atoms with Crippen molar-refractivity contribution in [2.45, 2.75) is 6.92 Å². The molecule has 0 unspecified atom stereocenters. The average molecular weight is 400 g/mol. The second-order valence-electron chi connectivity index (χ2n) is 7.85. The zero-order valence-electron chi connectivity index (χ0n) is 17.1. The number of nitrogens with zero attached hydrogens (tertiary/aromatic N) is 4. The van der Waals surface area contributed by atoms with Crippen molar-refractivity contribution in [3.8, 4) is 33.6 Å². The molecule has 0 atom stereocenters. The molecule has 4 heteroatoms. The van der Waals surface area contributed by atoms with Crippen LogP contribution in [-0.2, 0) is 0 Å². The van der Waals surface area contributed by atoms with Gasteiger partial charge in [0.05, 0.1) is 11.4 Å². The first kappa shape index (κ1) is 17.7. The maximum Gasteiger partial charge on any atom is 0.137 e. The first-order valence-corrected chi connectivity index (χ1v) is 10.3. The Bertz CT molecular complexity index is 1380. The molecular weight excluding hydrogens is 380 g/mol. The predicted octanol–water partition coefficient (Wildman–Crippen LogP) is 6.29. The van der Waals surface area contributed by atoms with Crippen LogP contribution in [0.3, 0.4) is 0 Å². The maximum absolute atomic E-state index is 4.85. The molecule has 148 valence electrons. The van der Waals surface area contributed by atoms with Gasteiger partial charge in [0, 0.05) is 35.9 Å². The van der Waals surface area contributed by atoms with E-state index < -0.39 is 0 Å². The molecule has 0 bridgehead atoms. The smallest absolute Gasteiger partial charge is 0.137 e. The van der Waals surface area contributed by atoms with Gasteiger partial charge in [0.15, 0.2) is 0 Å². The molecule has 0 saturated heterocycles. The molecule has 0 spiro atoms. The van der Waals surface area contributed by atoms with E-state index in [1.165, 1.54) is 11.1 Å². The average Bonchev–Trinajstić information content (AvgIpc) is 3.44. The summed E-state index contributed by atoms with van der Waals surface area (Å²) in [6, 6.07) is 27.4. The number of hydrogen-bond donors (Lipinski definition) is 0. The van der Waals surface area contributed by atoms with Crippen LogP contribution in [0.5, 0.6) is 0 Å². The number of imidazole rings is 2. The van der Waals surface area contributed by atoms with E-state index in [1.807, 2.05) is 48.8 Å². The molecule has 0 aliphatic carbocycles. The molecule has 6 rings (SSSR count). The van der Waals surface area contributed by atoms with E-state index in [9.17, 15) is 0 Å². The molecule has 0 amide bonds. The van der Waals surface area contributed by atoms with Crippen LogP contribution in [-0.4, -0.2) is 18.8 Å². The molecule has 0 aliphatic heterocycles. The van der Waals surface area contributed by atoms with Gasteiger partial charge in [-0.25, -0.2) is 9.97 Å². The minimum atomic E-state index is 0.938. The van der Waals surface area contributed by atoms with E-state index in [-0.39, 0.29) is 0 Å². The number of benzene rings is 2. The van der Waals surface area contributed by atoms with Gasteiger partial charge < -0.3 is 8.80 Å². The van der Waals surface area contributed by atoms with Crippen LogP contribution in [0.4, 0.5) is 0 Å². The molecule has 0 fully saturated rings. The zero-order valence-corrected chi connectivity index (χ0v) is 17.1. The van der Waals surface area contributed by atoms with Crippen molar-refractivity contribution in [1.29, 1.82) is 0 Å². The lowest BCUT2D eigenvalue weighted by Gasteiger charge is -2.08. The summed E-state index contributed by atoms with van der Waals surface area (Å²) in [4.78, 5) is 9.69. The van der Waals surface area contributed by atoms with Crippen molar-refractivity contribution < 1.29 is 0 Å². The van der Waals surface area contributed by atoms with Crippen LogP contribution in [0.15, 0.2) is 104 Å². The molecular formula is C27H20N4. The van der Waals surface area contributed by atoms with E-state index in [2.05, 4.69) is 70.6 Å². The summed E-state index contributed by atoms with van der Waals surface area (Å²) in [7, 11) is 0. The van der Waals surface area contributed by atoms with Crippen molar-refractivity contribution in [3.63, 3.8) is 0 Å². The SMILES string of the molecule is Cc1ccc(-c2cc(-c3cn4ccccc4n3)cc(-c3cn4ccccc4n3)c2)cc1. The van der Waals surface area contributed by atoms with Crippen LogP contribution >= 0.6 is 0 Å². The van der Waals surface area contributed by atoms with Crippen LogP contribution in [0, 0.1) is 6.92 Å². The predicted molar refractivity (Wildman–Crippen MR) is 125 cm³/mol. The highest BCUT2D eigenvalue weighted by atomic mass is 15.0. The molecule has 4 nitrogen and oxygen atoms in total. The molecule has 2 aromatic carbocycles. The van der Waals surface area contributed by atoms with Gasteiger partial charge in [-0.3, -0.25) is 0 Å². The normalized spacial score (nSPS) is 11.4. The Kier molecular flexibility index (Phi) is 3.96. The summed E-state index contributed by atoms with van der Waals surface area (Å²) in [6.45, 7) is 2.11. The van der Waals surface area contributed by atoms with E-state index in [0.717, 1.165) is 39.4 Å². The highest BCUT2D eigenvalue weighted by Crippen LogP contribution is 2.32. The Hall–Kier alpha value is -4.18. The Morgan fingerprint density at radius 2 is 1.06 bits per heavy atom. The molecule has 31 heavy (non-hydrogen) atoms. The van der Waals surface area contributed by atoms with Gasteiger partial charge in [0.2, 0.25) is 0 Å². The summed E-state index contributed by atoms with van der Waals surface area (Å²) in [5.74, 6) is 0. The largest absolute Gasteiger partial charge is 0.306 e. The third kappa shape index (κ3) is 3.19. The van der Waals surface area contributed by atoms with Crippen molar-refractivity contribution in [2.24, 2.45) is 0 Å². The van der Waals surface area contributed by atoms with Crippen molar-refractivity contribution in [1.82, 2.24) is 18.8 Å². The summed E-state index contributed by atoms with van der Waals surface area (Å²) >= 11 is 0. The van der Waals surface area contributed by atoms with Crippen molar-refractivity contribution in [3.05, 3.63) is 109 Å². The monoisotopic (exact) mass is 400 g/mol. The van der Waals surface area contributed by atoms with Crippen molar-refractivity contribution >= 4 is 11.3 Å². The molecule has 0 radical (unpaired) electrons. The molecule has 6 aromatic rings. The number of aryl methyl sites for hydroxylation is 1. The summed E-state index contributed by atoms with van der Waals surface area (Å²) in [5.41, 5.74) is 9.52. The lowest BCUT2D eigenvalue weighted by molar-refractivity contribution is 1.19. The summed E-state index contributed by atoms with van der Waals surface area (Å²) in [6.07, 6.45) is 8.21. The number of aromatic nitrogens is 4. The van der Waals surface area contributed by atoms with Crippen LogP contribution in [0.2, 0.25) is 0 Å². The highest BCUT2D eigenvalue weighted by Gasteiger charge is 2.12. The van der Waals surface area contributed by atoms with E-state index in [4.69, 9.17) is 9.97 Å². The summed E-state index contributed by atoms with van der Waals surface area (Å²) < 4.78 is 4.11. The second kappa shape index (κ2) is 6.96. The van der Waals surface area contributed by atoms with Gasteiger partial charge in [-0.1, -0.05) is 42.0 Å². The highest BCUT2D eigenvalue weighted by molar-refractivity contribution is 5.80. The quantitative estimate of drug-likeness (QED) is 0.350. The van der Waals surface area contributed by atoms with E-state index in [0.29, 0.717) is 0 Å². The zero-order chi connectivity index (χ0) is 20.8. The standard InChI is InChI=1S/C27H20N4/c1-19-8-10-20(11-9-19)21-14-22(24-17-30-12-4-2-6-26(30)28-24)16-23(15-21)25-18-31-13-5-3-7-27(31)29-25/h2-18H,1H3. The van der Waals surface area contributed by atoms with Gasteiger partial charge in [-0.15, -0.1) is 0 Å². The molecule has 0 N–H and O–H groups in total. The lowest BCUT2D eigenvalue weighted by atomic mass is 9.97. The molecule has 0 aliphatic rings. The van der Waals surface area contributed by atoms with Gasteiger partial charge in [-0.05, 0) is 60.5 Å². The molecule has 0 saturated carbocycles. The number of hydrogen-bond acceptors (Lipinski definition) is 2. The third-order valence-corrected chi connectivity index (χ3v) is 5.64. The van der Waals surface area contributed by atoms with E-state index >= 15 is 0 Å².